The van der Waals surface area contributed by atoms with Crippen LogP contribution in [-0.4, -0.2) is 34.9 Å². The number of allylic oxidation sites excluding steroid dienone is 4. The molecule has 488 valence electrons. The highest BCUT2D eigenvalue weighted by Gasteiger charge is 2.20. The van der Waals surface area contributed by atoms with E-state index >= 15 is 0 Å². The Hall–Kier alpha value is -1.13. The van der Waals surface area contributed by atoms with Crippen molar-refractivity contribution in [2.45, 2.75) is 463 Å². The first-order chi connectivity index (χ1) is 40.7. The number of aliphatic hydroxyl groups excluding tert-OH is 2. The highest BCUT2D eigenvalue weighted by Crippen LogP contribution is 2.20. The van der Waals surface area contributed by atoms with Crippen molar-refractivity contribution in [3.05, 3.63) is 24.3 Å². The van der Waals surface area contributed by atoms with Crippen LogP contribution < -0.4 is 5.32 Å². The Labute approximate surface area is 517 Å². The van der Waals surface area contributed by atoms with Crippen molar-refractivity contribution in [1.29, 1.82) is 0 Å². The summed E-state index contributed by atoms with van der Waals surface area (Å²) in [5.74, 6) is -0.0201. The fraction of sp³-hybridized carbons (Fsp3) is 0.936. The highest BCUT2D eigenvalue weighted by atomic mass is 16.3. The summed E-state index contributed by atoms with van der Waals surface area (Å²) in [6, 6.07) is -0.535. The predicted molar refractivity (Wildman–Crippen MR) is 369 cm³/mol. The van der Waals surface area contributed by atoms with Crippen LogP contribution in [0.25, 0.3) is 0 Å². The maximum absolute atomic E-state index is 12.6. The normalized spacial score (nSPS) is 12.7. The van der Waals surface area contributed by atoms with Gasteiger partial charge in [-0.2, -0.15) is 0 Å². The fourth-order valence-corrected chi connectivity index (χ4v) is 12.6. The number of unbranched alkanes of at least 4 members (excludes halogenated alkanes) is 62. The van der Waals surface area contributed by atoms with Gasteiger partial charge in [-0.15, -0.1) is 0 Å². The van der Waals surface area contributed by atoms with Gasteiger partial charge < -0.3 is 15.5 Å². The molecule has 0 aliphatic heterocycles. The lowest BCUT2D eigenvalue weighted by atomic mass is 10.0. The SMILES string of the molecule is CCCCCCC/C=C\C/C=C\CCCCCCCCCCCCCCCCCCCCCCCCCCCC(=O)NC(CO)C(O)CCCCCCCCCCCCCCCCCCCCCCCCCCCCCCCCCCC. The van der Waals surface area contributed by atoms with E-state index in [1.165, 1.54) is 392 Å². The minimum atomic E-state index is -0.659. The van der Waals surface area contributed by atoms with Crippen LogP contribution in [0.4, 0.5) is 0 Å². The van der Waals surface area contributed by atoms with E-state index in [1.807, 2.05) is 0 Å². The molecule has 2 atom stereocenters. The Kier molecular flexibility index (Phi) is 73.1. The second-order valence-corrected chi connectivity index (χ2v) is 26.8. The molecule has 0 aromatic rings. The van der Waals surface area contributed by atoms with E-state index in [0.717, 1.165) is 32.1 Å². The van der Waals surface area contributed by atoms with Gasteiger partial charge in [-0.25, -0.2) is 0 Å². The molecule has 0 aliphatic carbocycles. The lowest BCUT2D eigenvalue weighted by Gasteiger charge is -2.22. The van der Waals surface area contributed by atoms with Gasteiger partial charge in [-0.05, 0) is 44.9 Å². The van der Waals surface area contributed by atoms with Crippen LogP contribution in [0.1, 0.15) is 450 Å². The van der Waals surface area contributed by atoms with Crippen molar-refractivity contribution in [2.24, 2.45) is 0 Å². The van der Waals surface area contributed by atoms with Gasteiger partial charge in [-0.3, -0.25) is 4.79 Å². The monoisotopic (exact) mass is 1150 g/mol. The van der Waals surface area contributed by atoms with Crippen LogP contribution in [0.3, 0.4) is 0 Å². The maximum Gasteiger partial charge on any atom is 0.220 e. The summed E-state index contributed by atoms with van der Waals surface area (Å²) >= 11 is 0. The third-order valence-corrected chi connectivity index (χ3v) is 18.5. The zero-order valence-electron chi connectivity index (χ0n) is 56.6. The number of rotatable bonds is 73. The molecular formula is C78H153NO3. The molecule has 0 aromatic carbocycles. The summed E-state index contributed by atoms with van der Waals surface area (Å²) in [5.41, 5.74) is 0. The van der Waals surface area contributed by atoms with Gasteiger partial charge in [0.25, 0.3) is 0 Å². The van der Waals surface area contributed by atoms with Gasteiger partial charge in [0, 0.05) is 6.42 Å². The smallest absolute Gasteiger partial charge is 0.220 e. The Balaban J connectivity index is 3.35. The van der Waals surface area contributed by atoms with Crippen LogP contribution >= 0.6 is 0 Å². The van der Waals surface area contributed by atoms with Crippen LogP contribution in [0.15, 0.2) is 24.3 Å². The summed E-state index contributed by atoms with van der Waals surface area (Å²) < 4.78 is 0. The molecule has 0 saturated heterocycles. The van der Waals surface area contributed by atoms with E-state index in [9.17, 15) is 15.0 Å². The van der Waals surface area contributed by atoms with E-state index in [0.29, 0.717) is 12.8 Å². The maximum atomic E-state index is 12.6. The molecule has 2 unspecified atom stereocenters. The third kappa shape index (κ3) is 69.6. The van der Waals surface area contributed by atoms with Gasteiger partial charge >= 0.3 is 0 Å². The van der Waals surface area contributed by atoms with Crippen molar-refractivity contribution in [3.63, 3.8) is 0 Å². The van der Waals surface area contributed by atoms with Gasteiger partial charge in [0.15, 0.2) is 0 Å². The van der Waals surface area contributed by atoms with E-state index in [1.54, 1.807) is 0 Å². The Morgan fingerprint density at radius 1 is 0.293 bits per heavy atom. The molecule has 0 aliphatic rings. The first-order valence-electron chi connectivity index (χ1n) is 38.5. The van der Waals surface area contributed by atoms with E-state index in [-0.39, 0.29) is 12.5 Å². The van der Waals surface area contributed by atoms with Gasteiger partial charge in [0.2, 0.25) is 5.91 Å². The molecule has 1 amide bonds. The molecule has 0 fully saturated rings. The van der Waals surface area contributed by atoms with Gasteiger partial charge in [-0.1, -0.05) is 423 Å². The molecule has 4 nitrogen and oxygen atoms in total. The van der Waals surface area contributed by atoms with E-state index in [4.69, 9.17) is 0 Å². The van der Waals surface area contributed by atoms with Crippen molar-refractivity contribution in [3.8, 4) is 0 Å². The Morgan fingerprint density at radius 2 is 0.500 bits per heavy atom. The summed E-state index contributed by atoms with van der Waals surface area (Å²) in [6.07, 6.45) is 101. The number of hydrogen-bond donors (Lipinski definition) is 3. The summed E-state index contributed by atoms with van der Waals surface area (Å²) in [4.78, 5) is 12.6. The molecule has 0 aromatic heterocycles. The van der Waals surface area contributed by atoms with Crippen LogP contribution in [0.2, 0.25) is 0 Å². The van der Waals surface area contributed by atoms with Crippen molar-refractivity contribution in [1.82, 2.24) is 5.32 Å². The number of hydrogen-bond acceptors (Lipinski definition) is 3. The van der Waals surface area contributed by atoms with E-state index in [2.05, 4.69) is 43.5 Å². The molecule has 0 rings (SSSR count). The summed E-state index contributed by atoms with van der Waals surface area (Å²) in [6.45, 7) is 4.40. The average Bonchev–Trinajstić information content (AvgIpc) is 3.50. The minimum Gasteiger partial charge on any atom is -0.394 e. The second-order valence-electron chi connectivity index (χ2n) is 26.8. The standard InChI is InChI=1S/C78H153NO3/c1-3-5-7-9-11-13-15-17-19-21-23-25-27-29-31-33-35-37-38-39-40-42-44-46-48-50-52-54-56-58-60-62-64-66-68-70-72-74-78(82)79-76(75-80)77(81)73-71-69-67-65-63-61-59-57-55-53-51-49-47-45-43-41-36-34-32-30-28-26-24-22-20-18-16-14-12-10-8-6-4-2/h15,17,21,23,76-77,80-81H,3-14,16,18-20,22,24-75H2,1-2H3,(H,79,82)/b17-15-,23-21-. The average molecular weight is 1150 g/mol. The number of nitrogens with one attached hydrogen (secondary N) is 1. The molecule has 0 saturated carbocycles. The quantitative estimate of drug-likeness (QED) is 0.0420. The van der Waals surface area contributed by atoms with Crippen molar-refractivity contribution >= 4 is 5.91 Å². The molecule has 0 bridgehead atoms. The topological polar surface area (TPSA) is 69.6 Å². The number of amides is 1. The zero-order valence-corrected chi connectivity index (χ0v) is 56.6. The summed E-state index contributed by atoms with van der Waals surface area (Å²) in [5, 5.41) is 23.5. The molecule has 3 N–H and O–H groups in total. The first kappa shape index (κ1) is 80.9. The molecule has 0 heterocycles. The van der Waals surface area contributed by atoms with Crippen molar-refractivity contribution in [2.75, 3.05) is 6.61 Å². The van der Waals surface area contributed by atoms with Crippen LogP contribution in [0, 0.1) is 0 Å². The molecule has 0 spiro atoms. The molecule has 82 heavy (non-hydrogen) atoms. The minimum absolute atomic E-state index is 0.0201. The third-order valence-electron chi connectivity index (χ3n) is 18.5. The first-order valence-corrected chi connectivity index (χ1v) is 38.5. The number of aliphatic hydroxyl groups is 2. The lowest BCUT2D eigenvalue weighted by Crippen LogP contribution is -2.45. The molecule has 4 heteroatoms. The van der Waals surface area contributed by atoms with Crippen molar-refractivity contribution < 1.29 is 15.0 Å². The Morgan fingerprint density at radius 3 is 0.732 bits per heavy atom. The predicted octanol–water partition coefficient (Wildman–Crippen LogP) is 26.5. The van der Waals surface area contributed by atoms with E-state index < -0.39 is 12.1 Å². The van der Waals surface area contributed by atoms with Crippen LogP contribution in [-0.2, 0) is 4.79 Å². The highest BCUT2D eigenvalue weighted by molar-refractivity contribution is 5.76. The van der Waals surface area contributed by atoms with Gasteiger partial charge in [0.1, 0.15) is 0 Å². The summed E-state index contributed by atoms with van der Waals surface area (Å²) in [7, 11) is 0. The van der Waals surface area contributed by atoms with Crippen LogP contribution in [0.5, 0.6) is 0 Å². The fourth-order valence-electron chi connectivity index (χ4n) is 12.6. The lowest BCUT2D eigenvalue weighted by molar-refractivity contribution is -0.123. The second kappa shape index (κ2) is 74.1. The zero-order chi connectivity index (χ0) is 59.1. The molecule has 0 radical (unpaired) electrons. The van der Waals surface area contributed by atoms with Gasteiger partial charge in [0.05, 0.1) is 18.8 Å². The Bertz CT molecular complexity index is 1210. The number of carbonyl (C=O) groups is 1. The number of carbonyl (C=O) groups excluding carboxylic acids is 1. The largest absolute Gasteiger partial charge is 0.394 e. The molecular weight excluding hydrogens is 999 g/mol.